The first kappa shape index (κ1) is 15.7. The van der Waals surface area contributed by atoms with Gasteiger partial charge in [-0.15, -0.1) is 0 Å². The van der Waals surface area contributed by atoms with E-state index in [9.17, 15) is 13.6 Å². The molecule has 1 N–H and O–H groups in total. The van der Waals surface area contributed by atoms with E-state index in [0.29, 0.717) is 22.3 Å². The molecule has 0 radical (unpaired) electrons. The normalized spacial score (nSPS) is 14.4. The minimum atomic E-state index is -2.69. The van der Waals surface area contributed by atoms with Crippen molar-refractivity contribution in [1.82, 2.24) is 14.8 Å². The van der Waals surface area contributed by atoms with E-state index in [1.54, 1.807) is 24.3 Å². The molecule has 0 bridgehead atoms. The summed E-state index contributed by atoms with van der Waals surface area (Å²) < 4.78 is 28.7. The van der Waals surface area contributed by atoms with Crippen LogP contribution < -0.4 is 0 Å². The standard InChI is InChI=1S/C18H15F2N3O2/c19-17(20)12-8-13(10-4-2-1-3-5-10)21-18-15(12)16(11-6-7-11)22-23(18)9-14(24)25/h1-5,8,11,17H,6-7,9H2,(H,24,25). The largest absolute Gasteiger partial charge is 0.480 e. The van der Waals surface area contributed by atoms with Crippen LogP contribution in [0.15, 0.2) is 36.4 Å². The molecule has 2 heterocycles. The average Bonchev–Trinajstić information content (AvgIpc) is 3.38. The number of halogens is 2. The van der Waals surface area contributed by atoms with Crippen molar-refractivity contribution in [3.63, 3.8) is 0 Å². The second kappa shape index (κ2) is 5.91. The summed E-state index contributed by atoms with van der Waals surface area (Å²) in [5.74, 6) is -0.975. The van der Waals surface area contributed by atoms with Gasteiger partial charge < -0.3 is 5.11 Å². The second-order valence-corrected chi connectivity index (χ2v) is 6.17. The molecule has 25 heavy (non-hydrogen) atoms. The molecule has 7 heteroatoms. The van der Waals surface area contributed by atoms with Gasteiger partial charge in [0, 0.05) is 17.0 Å². The molecule has 1 saturated carbocycles. The number of hydrogen-bond acceptors (Lipinski definition) is 3. The number of hydrogen-bond donors (Lipinski definition) is 1. The number of aliphatic carboxylic acids is 1. The van der Waals surface area contributed by atoms with Crippen LogP contribution >= 0.6 is 0 Å². The Morgan fingerprint density at radius 3 is 2.60 bits per heavy atom. The number of carbonyl (C=O) groups is 1. The van der Waals surface area contributed by atoms with Gasteiger partial charge in [0.05, 0.1) is 16.8 Å². The van der Waals surface area contributed by atoms with E-state index in [-0.39, 0.29) is 17.1 Å². The van der Waals surface area contributed by atoms with Crippen molar-refractivity contribution >= 4 is 17.0 Å². The zero-order valence-electron chi connectivity index (χ0n) is 13.2. The molecule has 0 saturated heterocycles. The first-order valence-electron chi connectivity index (χ1n) is 8.01. The predicted molar refractivity (Wildman–Crippen MR) is 87.5 cm³/mol. The highest BCUT2D eigenvalue weighted by atomic mass is 19.3. The average molecular weight is 343 g/mol. The number of benzene rings is 1. The summed E-state index contributed by atoms with van der Waals surface area (Å²) in [5, 5.41) is 13.7. The van der Waals surface area contributed by atoms with E-state index in [1.807, 2.05) is 6.07 Å². The predicted octanol–water partition coefficient (Wildman–Crippen LogP) is 4.00. The second-order valence-electron chi connectivity index (χ2n) is 6.17. The third-order valence-electron chi connectivity index (χ3n) is 4.31. The summed E-state index contributed by atoms with van der Waals surface area (Å²) in [6.45, 7) is -0.406. The number of pyridine rings is 1. The Bertz CT molecular complexity index is 950. The fourth-order valence-corrected chi connectivity index (χ4v) is 3.04. The van der Waals surface area contributed by atoms with Crippen LogP contribution in [-0.4, -0.2) is 25.8 Å². The summed E-state index contributed by atoms with van der Waals surface area (Å²) in [5.41, 5.74) is 1.70. The number of carboxylic acid groups (broad SMARTS) is 1. The van der Waals surface area contributed by atoms with Gasteiger partial charge in [0.25, 0.3) is 6.43 Å². The number of alkyl halides is 2. The lowest BCUT2D eigenvalue weighted by molar-refractivity contribution is -0.137. The minimum absolute atomic E-state index is 0.111. The Morgan fingerprint density at radius 1 is 1.28 bits per heavy atom. The molecule has 0 unspecified atom stereocenters. The van der Waals surface area contributed by atoms with Crippen LogP contribution in [0.1, 0.15) is 36.4 Å². The van der Waals surface area contributed by atoms with Gasteiger partial charge in [-0.1, -0.05) is 30.3 Å². The van der Waals surface area contributed by atoms with Crippen LogP contribution in [0.3, 0.4) is 0 Å². The summed E-state index contributed by atoms with van der Waals surface area (Å²) in [7, 11) is 0. The van der Waals surface area contributed by atoms with Crippen LogP contribution in [0.25, 0.3) is 22.3 Å². The van der Waals surface area contributed by atoms with Gasteiger partial charge in [-0.05, 0) is 18.9 Å². The van der Waals surface area contributed by atoms with E-state index in [2.05, 4.69) is 10.1 Å². The van der Waals surface area contributed by atoms with Crippen LogP contribution in [0.2, 0.25) is 0 Å². The topological polar surface area (TPSA) is 68.0 Å². The van der Waals surface area contributed by atoms with Crippen molar-refractivity contribution in [3.8, 4) is 11.3 Å². The lowest BCUT2D eigenvalue weighted by Crippen LogP contribution is -2.11. The number of rotatable bonds is 5. The van der Waals surface area contributed by atoms with E-state index in [4.69, 9.17) is 5.11 Å². The summed E-state index contributed by atoms with van der Waals surface area (Å²) >= 11 is 0. The van der Waals surface area contributed by atoms with Crippen molar-refractivity contribution in [1.29, 1.82) is 0 Å². The van der Waals surface area contributed by atoms with Crippen LogP contribution in [0.5, 0.6) is 0 Å². The Kier molecular flexibility index (Phi) is 3.71. The van der Waals surface area contributed by atoms with Gasteiger partial charge in [0.15, 0.2) is 5.65 Å². The summed E-state index contributed by atoms with van der Waals surface area (Å²) in [6.07, 6.45) is -0.933. The first-order valence-corrected chi connectivity index (χ1v) is 8.01. The Labute approximate surface area is 141 Å². The van der Waals surface area contributed by atoms with Crippen molar-refractivity contribution in [3.05, 3.63) is 47.7 Å². The lowest BCUT2D eigenvalue weighted by Gasteiger charge is -2.08. The maximum Gasteiger partial charge on any atom is 0.325 e. The van der Waals surface area contributed by atoms with Gasteiger partial charge in [0.1, 0.15) is 6.54 Å². The quantitative estimate of drug-likeness (QED) is 0.760. The molecule has 0 aliphatic heterocycles. The van der Waals surface area contributed by atoms with Crippen molar-refractivity contribution in [2.45, 2.75) is 31.7 Å². The van der Waals surface area contributed by atoms with Gasteiger partial charge in [-0.2, -0.15) is 5.10 Å². The fraction of sp³-hybridized carbons (Fsp3) is 0.278. The van der Waals surface area contributed by atoms with Gasteiger partial charge in [-0.3, -0.25) is 4.79 Å². The maximum atomic E-state index is 13.7. The number of fused-ring (bicyclic) bond motifs is 1. The molecule has 1 aromatic carbocycles. The SMILES string of the molecule is O=C(O)Cn1nc(C2CC2)c2c(C(F)F)cc(-c3ccccc3)nc21. The van der Waals surface area contributed by atoms with Crippen LogP contribution in [0.4, 0.5) is 8.78 Å². The van der Waals surface area contributed by atoms with E-state index < -0.39 is 18.9 Å². The van der Waals surface area contributed by atoms with Gasteiger partial charge in [0.2, 0.25) is 0 Å². The zero-order valence-corrected chi connectivity index (χ0v) is 13.2. The molecule has 128 valence electrons. The monoisotopic (exact) mass is 343 g/mol. The molecule has 1 aliphatic rings. The molecule has 3 aromatic rings. The van der Waals surface area contributed by atoms with E-state index in [0.717, 1.165) is 12.8 Å². The molecular weight excluding hydrogens is 328 g/mol. The van der Waals surface area contributed by atoms with E-state index >= 15 is 0 Å². The molecule has 0 spiro atoms. The summed E-state index contributed by atoms with van der Waals surface area (Å²) in [6, 6.07) is 10.4. The Hall–Kier alpha value is -2.83. The molecule has 0 atom stereocenters. The maximum absolute atomic E-state index is 13.7. The molecule has 4 rings (SSSR count). The molecule has 5 nitrogen and oxygen atoms in total. The van der Waals surface area contributed by atoms with Crippen molar-refractivity contribution < 1.29 is 18.7 Å². The first-order chi connectivity index (χ1) is 12.0. The lowest BCUT2D eigenvalue weighted by atomic mass is 10.0. The highest BCUT2D eigenvalue weighted by Gasteiger charge is 2.32. The molecule has 2 aromatic heterocycles. The molecule has 1 fully saturated rings. The third kappa shape index (κ3) is 2.86. The fourth-order valence-electron chi connectivity index (χ4n) is 3.04. The van der Waals surface area contributed by atoms with Crippen LogP contribution in [-0.2, 0) is 11.3 Å². The van der Waals surface area contributed by atoms with Crippen LogP contribution in [0, 0.1) is 0 Å². The third-order valence-corrected chi connectivity index (χ3v) is 4.31. The Balaban J connectivity index is 2.00. The van der Waals surface area contributed by atoms with Gasteiger partial charge >= 0.3 is 5.97 Å². The van der Waals surface area contributed by atoms with Crippen molar-refractivity contribution in [2.24, 2.45) is 0 Å². The van der Waals surface area contributed by atoms with Crippen molar-refractivity contribution in [2.75, 3.05) is 0 Å². The molecule has 0 amide bonds. The number of nitrogens with zero attached hydrogens (tertiary/aromatic N) is 3. The Morgan fingerprint density at radius 2 is 2.00 bits per heavy atom. The highest BCUT2D eigenvalue weighted by molar-refractivity contribution is 5.87. The number of aromatic nitrogens is 3. The zero-order chi connectivity index (χ0) is 17.6. The molecule has 1 aliphatic carbocycles. The van der Waals surface area contributed by atoms with E-state index in [1.165, 1.54) is 10.7 Å². The molecular formula is C18H15F2N3O2. The number of carboxylic acids is 1. The van der Waals surface area contributed by atoms with Gasteiger partial charge in [-0.25, -0.2) is 18.4 Å². The smallest absolute Gasteiger partial charge is 0.325 e. The highest BCUT2D eigenvalue weighted by Crippen LogP contribution is 2.45. The summed E-state index contributed by atoms with van der Waals surface area (Å²) in [4.78, 5) is 15.6. The minimum Gasteiger partial charge on any atom is -0.480 e.